The molecular weight excluding hydrogens is 290 g/mol. The number of halogens is 1. The minimum atomic E-state index is -2.72. The third-order valence-corrected chi connectivity index (χ3v) is 3.87. The molecule has 0 aromatic heterocycles. The standard InChI is InChI=1S/C16H35NO3.ClH/c1-2-3-4-5-6-7-8-9-10-11-12-13-14-15(17)16(18,19)20;/h15,18-20H,2-14,17H2,1H3;1H. The van der Waals surface area contributed by atoms with Gasteiger partial charge in [-0.25, -0.2) is 0 Å². The van der Waals surface area contributed by atoms with Crippen LogP contribution in [-0.4, -0.2) is 27.3 Å². The van der Waals surface area contributed by atoms with Crippen LogP contribution in [0, 0.1) is 0 Å². The zero-order valence-electron chi connectivity index (χ0n) is 13.6. The van der Waals surface area contributed by atoms with Crippen LogP contribution in [0.5, 0.6) is 0 Å². The van der Waals surface area contributed by atoms with Crippen molar-refractivity contribution in [1.82, 2.24) is 0 Å². The van der Waals surface area contributed by atoms with Crippen LogP contribution < -0.4 is 5.73 Å². The molecule has 0 fully saturated rings. The number of aliphatic hydroxyl groups is 3. The first-order valence-corrected chi connectivity index (χ1v) is 8.41. The highest BCUT2D eigenvalue weighted by molar-refractivity contribution is 5.85. The van der Waals surface area contributed by atoms with E-state index in [2.05, 4.69) is 6.92 Å². The molecule has 0 aliphatic heterocycles. The fourth-order valence-corrected chi connectivity index (χ4v) is 2.40. The molecule has 5 heteroatoms. The second-order valence-electron chi connectivity index (χ2n) is 5.97. The lowest BCUT2D eigenvalue weighted by molar-refractivity contribution is -0.323. The van der Waals surface area contributed by atoms with Crippen molar-refractivity contribution in [3.8, 4) is 0 Å². The topological polar surface area (TPSA) is 86.7 Å². The predicted molar refractivity (Wildman–Crippen MR) is 90.3 cm³/mol. The van der Waals surface area contributed by atoms with E-state index in [9.17, 15) is 0 Å². The summed E-state index contributed by atoms with van der Waals surface area (Å²) >= 11 is 0. The highest BCUT2D eigenvalue weighted by atomic mass is 35.5. The molecule has 0 rings (SSSR count). The van der Waals surface area contributed by atoms with Gasteiger partial charge in [0.15, 0.2) is 0 Å². The highest BCUT2D eigenvalue weighted by Gasteiger charge is 2.27. The summed E-state index contributed by atoms with van der Waals surface area (Å²) in [5, 5.41) is 26.5. The van der Waals surface area contributed by atoms with Crippen LogP contribution in [0.4, 0.5) is 0 Å². The van der Waals surface area contributed by atoms with Gasteiger partial charge < -0.3 is 21.1 Å². The lowest BCUT2D eigenvalue weighted by Gasteiger charge is -2.21. The van der Waals surface area contributed by atoms with Gasteiger partial charge in [-0.1, -0.05) is 84.0 Å². The van der Waals surface area contributed by atoms with Crippen molar-refractivity contribution in [3.05, 3.63) is 0 Å². The van der Waals surface area contributed by atoms with E-state index in [0.29, 0.717) is 6.42 Å². The molecule has 0 amide bonds. The van der Waals surface area contributed by atoms with Crippen molar-refractivity contribution >= 4 is 12.4 Å². The van der Waals surface area contributed by atoms with E-state index in [0.717, 1.165) is 19.3 Å². The van der Waals surface area contributed by atoms with Crippen LogP contribution in [-0.2, 0) is 0 Å². The van der Waals surface area contributed by atoms with Gasteiger partial charge in [0.1, 0.15) is 0 Å². The van der Waals surface area contributed by atoms with Gasteiger partial charge in [0, 0.05) is 0 Å². The van der Waals surface area contributed by atoms with Crippen molar-refractivity contribution < 1.29 is 15.3 Å². The monoisotopic (exact) mass is 325 g/mol. The quantitative estimate of drug-likeness (QED) is 0.291. The Labute approximate surface area is 136 Å². The number of rotatable bonds is 14. The third kappa shape index (κ3) is 16.3. The smallest absolute Gasteiger partial charge is 0.291 e. The summed E-state index contributed by atoms with van der Waals surface area (Å²) in [6.45, 7) is 2.24. The van der Waals surface area contributed by atoms with Gasteiger partial charge in [-0.05, 0) is 6.42 Å². The molecule has 5 N–H and O–H groups in total. The summed E-state index contributed by atoms with van der Waals surface area (Å²) < 4.78 is 0. The Morgan fingerprint density at radius 2 is 1.05 bits per heavy atom. The second-order valence-corrected chi connectivity index (χ2v) is 5.97. The zero-order chi connectivity index (χ0) is 15.3. The molecular formula is C16H36ClNO3. The van der Waals surface area contributed by atoms with E-state index >= 15 is 0 Å². The van der Waals surface area contributed by atoms with Gasteiger partial charge in [0.2, 0.25) is 0 Å². The summed E-state index contributed by atoms with van der Waals surface area (Å²) in [7, 11) is 0. The molecule has 0 saturated carbocycles. The van der Waals surface area contributed by atoms with Crippen LogP contribution >= 0.6 is 12.4 Å². The SMILES string of the molecule is CCCCCCCCCCCCCCC(N)C(O)(O)O.Cl. The van der Waals surface area contributed by atoms with Crippen molar-refractivity contribution in [3.63, 3.8) is 0 Å². The molecule has 0 aliphatic carbocycles. The molecule has 0 aromatic carbocycles. The normalized spacial score (nSPS) is 13.0. The van der Waals surface area contributed by atoms with E-state index in [1.807, 2.05) is 0 Å². The van der Waals surface area contributed by atoms with Crippen molar-refractivity contribution in [2.75, 3.05) is 0 Å². The summed E-state index contributed by atoms with van der Waals surface area (Å²) in [5.74, 6) is -2.72. The van der Waals surface area contributed by atoms with E-state index < -0.39 is 12.0 Å². The second kappa shape index (κ2) is 15.0. The average Bonchev–Trinajstić information content (AvgIpc) is 2.38. The first kappa shape index (κ1) is 23.4. The molecule has 0 saturated heterocycles. The molecule has 0 spiro atoms. The van der Waals surface area contributed by atoms with Crippen molar-refractivity contribution in [1.29, 1.82) is 0 Å². The zero-order valence-corrected chi connectivity index (χ0v) is 14.4. The molecule has 0 aliphatic rings. The average molecular weight is 326 g/mol. The summed E-state index contributed by atoms with van der Waals surface area (Å²) in [6.07, 6.45) is 15.6. The molecule has 21 heavy (non-hydrogen) atoms. The minimum Gasteiger partial charge on any atom is -0.342 e. The maximum atomic E-state index is 8.85. The Kier molecular flexibility index (Phi) is 16.8. The largest absolute Gasteiger partial charge is 0.342 e. The van der Waals surface area contributed by atoms with E-state index in [4.69, 9.17) is 21.1 Å². The maximum Gasteiger partial charge on any atom is 0.291 e. The highest BCUT2D eigenvalue weighted by Crippen LogP contribution is 2.14. The number of nitrogens with two attached hydrogens (primary N) is 1. The number of hydrogen-bond acceptors (Lipinski definition) is 4. The van der Waals surface area contributed by atoms with Crippen LogP contribution in [0.2, 0.25) is 0 Å². The first-order chi connectivity index (χ1) is 9.48. The van der Waals surface area contributed by atoms with Crippen LogP contribution in [0.3, 0.4) is 0 Å². The minimum absolute atomic E-state index is 0. The molecule has 1 unspecified atom stereocenters. The Hall–Kier alpha value is 0.130. The Morgan fingerprint density at radius 1 is 0.714 bits per heavy atom. The van der Waals surface area contributed by atoms with E-state index in [-0.39, 0.29) is 12.4 Å². The molecule has 0 radical (unpaired) electrons. The van der Waals surface area contributed by atoms with Crippen LogP contribution in [0.15, 0.2) is 0 Å². The van der Waals surface area contributed by atoms with Gasteiger partial charge in [-0.15, -0.1) is 12.4 Å². The Balaban J connectivity index is 0. The van der Waals surface area contributed by atoms with Gasteiger partial charge in [0.05, 0.1) is 6.04 Å². The molecule has 0 bridgehead atoms. The number of unbranched alkanes of at least 4 members (excludes halogenated alkanes) is 11. The molecule has 1 atom stereocenters. The fourth-order valence-electron chi connectivity index (χ4n) is 2.40. The molecule has 0 heterocycles. The van der Waals surface area contributed by atoms with E-state index in [1.165, 1.54) is 57.8 Å². The van der Waals surface area contributed by atoms with Crippen LogP contribution in [0.1, 0.15) is 90.4 Å². The third-order valence-electron chi connectivity index (χ3n) is 3.87. The Bertz CT molecular complexity index is 210. The van der Waals surface area contributed by atoms with Gasteiger partial charge in [-0.2, -0.15) is 0 Å². The lowest BCUT2D eigenvalue weighted by atomic mass is 10.0. The van der Waals surface area contributed by atoms with Crippen molar-refractivity contribution in [2.45, 2.75) is 102 Å². The molecule has 0 aromatic rings. The fraction of sp³-hybridized carbons (Fsp3) is 1.00. The van der Waals surface area contributed by atoms with E-state index in [1.54, 1.807) is 0 Å². The maximum absolute atomic E-state index is 8.85. The summed E-state index contributed by atoms with van der Waals surface area (Å²) in [6, 6.07) is -0.967. The van der Waals surface area contributed by atoms with Crippen molar-refractivity contribution in [2.24, 2.45) is 5.73 Å². The first-order valence-electron chi connectivity index (χ1n) is 8.41. The predicted octanol–water partition coefficient (Wildman–Crippen LogP) is 3.46. The number of hydrogen-bond donors (Lipinski definition) is 4. The van der Waals surface area contributed by atoms with Gasteiger partial charge in [0.25, 0.3) is 5.97 Å². The van der Waals surface area contributed by atoms with Gasteiger partial charge >= 0.3 is 0 Å². The molecule has 4 nitrogen and oxygen atoms in total. The molecule has 130 valence electrons. The van der Waals surface area contributed by atoms with Crippen LogP contribution in [0.25, 0.3) is 0 Å². The summed E-state index contributed by atoms with van der Waals surface area (Å²) in [4.78, 5) is 0. The lowest BCUT2D eigenvalue weighted by Crippen LogP contribution is -2.47. The Morgan fingerprint density at radius 3 is 1.38 bits per heavy atom. The summed E-state index contributed by atoms with van der Waals surface area (Å²) in [5.41, 5.74) is 5.43. The van der Waals surface area contributed by atoms with Gasteiger partial charge in [-0.3, -0.25) is 0 Å².